The minimum atomic E-state index is -2.62. The summed E-state index contributed by atoms with van der Waals surface area (Å²) in [4.78, 5) is 20.1. The highest BCUT2D eigenvalue weighted by atomic mass is 32.2. The lowest BCUT2D eigenvalue weighted by Gasteiger charge is -1.79. The number of carbonyl (C=O) groups is 2. The molecule has 6 heteroatoms. The quantitative estimate of drug-likeness (QED) is 0.246. The van der Waals surface area contributed by atoms with Crippen molar-refractivity contribution in [3.63, 3.8) is 0 Å². The van der Waals surface area contributed by atoms with Crippen LogP contribution in [0.2, 0.25) is 0 Å². The molecule has 0 aromatic rings. The van der Waals surface area contributed by atoms with Gasteiger partial charge in [0.05, 0.1) is 6.42 Å². The molecular formula is C4H2O5S. The fourth-order valence-corrected chi connectivity index (χ4v) is 0.940. The number of hydrogen-bond acceptors (Lipinski definition) is 5. The Bertz CT molecular complexity index is 314. The van der Waals surface area contributed by atoms with E-state index >= 15 is 0 Å². The lowest BCUT2D eigenvalue weighted by atomic mass is 10.4. The largest absolute Gasteiger partial charge is 0.389 e. The predicted octanol–water partition coefficient (Wildman–Crippen LogP) is -1.49. The van der Waals surface area contributed by atoms with Gasteiger partial charge < -0.3 is 4.74 Å². The average Bonchev–Trinajstić information content (AvgIpc) is 2.10. The topological polar surface area (TPSA) is 77.5 Å². The molecule has 0 spiro atoms. The monoisotopic (exact) mass is 162 g/mol. The summed E-state index contributed by atoms with van der Waals surface area (Å²) in [5, 5.41) is 0. The third-order valence-corrected chi connectivity index (χ3v) is 1.65. The van der Waals surface area contributed by atoms with Crippen molar-refractivity contribution < 1.29 is 22.7 Å². The van der Waals surface area contributed by atoms with Crippen molar-refractivity contribution >= 4 is 27.1 Å². The van der Waals surface area contributed by atoms with Crippen molar-refractivity contribution in [2.45, 2.75) is 6.42 Å². The third kappa shape index (κ3) is 1.06. The molecule has 0 radical (unpaired) electrons. The summed E-state index contributed by atoms with van der Waals surface area (Å²) in [5.74, 6) is -1.87. The van der Waals surface area contributed by atoms with Gasteiger partial charge in [-0.15, -0.1) is 0 Å². The molecule has 10 heavy (non-hydrogen) atoms. The van der Waals surface area contributed by atoms with Crippen LogP contribution in [0.4, 0.5) is 0 Å². The van der Waals surface area contributed by atoms with Crippen LogP contribution in [-0.2, 0) is 24.6 Å². The molecule has 1 fully saturated rings. The molecule has 0 N–H and O–H groups in total. The first-order chi connectivity index (χ1) is 4.61. The number of hydrogen-bond donors (Lipinski definition) is 0. The minimum absolute atomic E-state index is 0.436. The van der Waals surface area contributed by atoms with Gasteiger partial charge in [0.1, 0.15) is 0 Å². The Hall–Kier alpha value is -1.17. The van der Waals surface area contributed by atoms with Gasteiger partial charge in [0.25, 0.3) is 0 Å². The highest BCUT2D eigenvalue weighted by Gasteiger charge is 2.29. The molecule has 1 saturated heterocycles. The normalized spacial score (nSPS) is 17.4. The molecule has 1 aliphatic rings. The smallest absolute Gasteiger partial charge is 0.357 e. The molecular weight excluding hydrogens is 160 g/mol. The molecule has 1 heterocycles. The fourth-order valence-electron chi connectivity index (χ4n) is 0.527. The van der Waals surface area contributed by atoms with Crippen LogP contribution in [0.15, 0.2) is 0 Å². The molecule has 0 saturated carbocycles. The maximum atomic E-state index is 10.4. The van der Waals surface area contributed by atoms with Gasteiger partial charge in [0, 0.05) is 0 Å². The van der Waals surface area contributed by atoms with Crippen LogP contribution in [0.3, 0.4) is 0 Å². The summed E-state index contributed by atoms with van der Waals surface area (Å²) in [6, 6.07) is 0. The second kappa shape index (κ2) is 2.22. The van der Waals surface area contributed by atoms with E-state index in [1.165, 1.54) is 0 Å². The molecule has 0 bridgehead atoms. The van der Waals surface area contributed by atoms with E-state index in [4.69, 9.17) is 0 Å². The highest BCUT2D eigenvalue weighted by molar-refractivity contribution is 7.74. The molecule has 5 nitrogen and oxygen atoms in total. The van der Waals surface area contributed by atoms with Crippen molar-refractivity contribution in [3.8, 4) is 0 Å². The number of cyclic esters (lactones) is 2. The van der Waals surface area contributed by atoms with E-state index in [-0.39, 0.29) is 0 Å². The van der Waals surface area contributed by atoms with Gasteiger partial charge in [-0.05, 0) is 0 Å². The summed E-state index contributed by atoms with van der Waals surface area (Å²) >= 11 is 0. The van der Waals surface area contributed by atoms with Crippen molar-refractivity contribution in [1.82, 2.24) is 0 Å². The second-order valence-corrected chi connectivity index (χ2v) is 2.56. The maximum Gasteiger partial charge on any atom is 0.357 e. The van der Waals surface area contributed by atoms with E-state index < -0.39 is 33.5 Å². The average molecular weight is 162 g/mol. The Morgan fingerprint density at radius 3 is 2.10 bits per heavy atom. The lowest BCUT2D eigenvalue weighted by Crippen LogP contribution is -2.06. The van der Waals surface area contributed by atoms with Gasteiger partial charge in [-0.25, -0.2) is 4.79 Å². The van der Waals surface area contributed by atoms with Gasteiger partial charge in [-0.2, -0.15) is 8.42 Å². The Balaban J connectivity index is 3.18. The third-order valence-electron chi connectivity index (χ3n) is 0.940. The zero-order chi connectivity index (χ0) is 7.72. The zero-order valence-electron chi connectivity index (χ0n) is 4.66. The summed E-state index contributed by atoms with van der Waals surface area (Å²) in [6.07, 6.45) is -0.436. The van der Waals surface area contributed by atoms with E-state index in [0.29, 0.717) is 0 Å². The first-order valence-corrected chi connectivity index (χ1v) is 3.39. The molecule has 0 unspecified atom stereocenters. The second-order valence-electron chi connectivity index (χ2n) is 1.60. The van der Waals surface area contributed by atoms with Crippen LogP contribution in [0.25, 0.3) is 0 Å². The van der Waals surface area contributed by atoms with Gasteiger partial charge in [-0.1, -0.05) is 0 Å². The van der Waals surface area contributed by atoms with Gasteiger partial charge in [-0.3, -0.25) is 4.79 Å². The number of esters is 2. The Morgan fingerprint density at radius 1 is 1.30 bits per heavy atom. The Labute approximate surface area is 57.1 Å². The summed E-state index contributed by atoms with van der Waals surface area (Å²) in [5.41, 5.74) is 0. The molecule has 0 atom stereocenters. The van der Waals surface area contributed by atoms with E-state index in [1.54, 1.807) is 0 Å². The number of ether oxygens (including phenoxy) is 1. The lowest BCUT2D eigenvalue weighted by molar-refractivity contribution is -0.150. The van der Waals surface area contributed by atoms with Gasteiger partial charge in [0.15, 0.2) is 4.86 Å². The highest BCUT2D eigenvalue weighted by Crippen LogP contribution is 2.01. The molecule has 1 aliphatic heterocycles. The van der Waals surface area contributed by atoms with Crippen LogP contribution in [0, 0.1) is 0 Å². The molecule has 0 aromatic carbocycles. The van der Waals surface area contributed by atoms with E-state index in [9.17, 15) is 18.0 Å². The first kappa shape index (κ1) is 6.94. The van der Waals surface area contributed by atoms with Crippen molar-refractivity contribution in [1.29, 1.82) is 0 Å². The summed E-state index contributed by atoms with van der Waals surface area (Å²) < 4.78 is 24.1. The van der Waals surface area contributed by atoms with E-state index in [2.05, 4.69) is 4.74 Å². The summed E-state index contributed by atoms with van der Waals surface area (Å²) in [7, 11) is -2.62. The molecule has 0 aromatic heterocycles. The van der Waals surface area contributed by atoms with Crippen LogP contribution in [0.5, 0.6) is 0 Å². The summed E-state index contributed by atoms with van der Waals surface area (Å²) in [6.45, 7) is 0. The first-order valence-electron chi connectivity index (χ1n) is 2.31. The molecule has 0 aliphatic carbocycles. The van der Waals surface area contributed by atoms with Crippen molar-refractivity contribution in [3.05, 3.63) is 0 Å². The van der Waals surface area contributed by atoms with E-state index in [0.717, 1.165) is 0 Å². The SMILES string of the molecule is O=C1CC(=S(=O)=O)C(=O)O1. The van der Waals surface area contributed by atoms with Crippen LogP contribution in [0.1, 0.15) is 6.42 Å². The number of carbonyl (C=O) groups excluding carboxylic acids is 2. The van der Waals surface area contributed by atoms with Crippen LogP contribution in [-0.4, -0.2) is 25.2 Å². The predicted molar refractivity (Wildman–Crippen MR) is 29.6 cm³/mol. The van der Waals surface area contributed by atoms with Gasteiger partial charge >= 0.3 is 11.9 Å². The standard InChI is InChI=1S/C4H2O5S/c5-3-1-2(10(7)8)4(6)9-3/h1H2. The molecule has 54 valence electrons. The van der Waals surface area contributed by atoms with Crippen LogP contribution < -0.4 is 0 Å². The van der Waals surface area contributed by atoms with E-state index in [1.807, 2.05) is 0 Å². The number of rotatable bonds is 0. The molecule has 1 rings (SSSR count). The molecule has 0 amide bonds. The minimum Gasteiger partial charge on any atom is -0.389 e. The van der Waals surface area contributed by atoms with Crippen LogP contribution >= 0.6 is 0 Å². The fraction of sp³-hybridized carbons (Fsp3) is 0.250. The van der Waals surface area contributed by atoms with Crippen molar-refractivity contribution in [2.24, 2.45) is 0 Å². The van der Waals surface area contributed by atoms with Crippen molar-refractivity contribution in [2.75, 3.05) is 0 Å². The van der Waals surface area contributed by atoms with Gasteiger partial charge in [0.2, 0.25) is 10.3 Å². The Kier molecular flexibility index (Phi) is 1.54. The Morgan fingerprint density at radius 2 is 1.90 bits per heavy atom. The zero-order valence-corrected chi connectivity index (χ0v) is 5.47. The maximum absolute atomic E-state index is 10.4.